The zero-order valence-electron chi connectivity index (χ0n) is 14.9. The van der Waals surface area contributed by atoms with Gasteiger partial charge in [0.15, 0.2) is 12.1 Å². The molecule has 2 aliphatic heterocycles. The summed E-state index contributed by atoms with van der Waals surface area (Å²) in [5.41, 5.74) is 0.486. The van der Waals surface area contributed by atoms with E-state index < -0.39 is 0 Å². The van der Waals surface area contributed by atoms with E-state index >= 15 is 0 Å². The minimum Gasteiger partial charge on any atom is -0.447 e. The third kappa shape index (κ3) is 3.59. The Bertz CT molecular complexity index is 607. The van der Waals surface area contributed by atoms with Crippen molar-refractivity contribution >= 4 is 5.91 Å². The van der Waals surface area contributed by atoms with Crippen molar-refractivity contribution in [3.8, 4) is 0 Å². The van der Waals surface area contributed by atoms with Crippen molar-refractivity contribution in [2.75, 3.05) is 59.5 Å². The molecular weight excluding hydrogens is 320 g/mol. The zero-order chi connectivity index (χ0) is 17.4. The summed E-state index contributed by atoms with van der Waals surface area (Å²) in [6, 6.07) is 0. The first kappa shape index (κ1) is 17.0. The number of hydrogen-bond acceptors (Lipinski definition) is 6. The molecule has 7 nitrogen and oxygen atoms in total. The molecule has 1 amide bonds. The molecule has 2 saturated heterocycles. The molecule has 1 N–H and O–H groups in total. The summed E-state index contributed by atoms with van der Waals surface area (Å²) in [7, 11) is 2.15. The minimum atomic E-state index is -0.0324. The Morgan fingerprint density at radius 3 is 2.64 bits per heavy atom. The molecule has 138 valence electrons. The van der Waals surface area contributed by atoms with Gasteiger partial charge in [-0.15, -0.1) is 0 Å². The van der Waals surface area contributed by atoms with Crippen molar-refractivity contribution in [3.05, 3.63) is 17.8 Å². The van der Waals surface area contributed by atoms with Gasteiger partial charge in [-0.1, -0.05) is 0 Å². The quantitative estimate of drug-likeness (QED) is 0.834. The topological polar surface area (TPSA) is 73.0 Å². The molecule has 0 unspecified atom stereocenters. The molecule has 1 aliphatic carbocycles. The summed E-state index contributed by atoms with van der Waals surface area (Å²) >= 11 is 0. The van der Waals surface area contributed by atoms with Crippen LogP contribution in [0.25, 0.3) is 0 Å². The summed E-state index contributed by atoms with van der Waals surface area (Å²) in [6.45, 7) is 6.71. The van der Waals surface area contributed by atoms with Crippen molar-refractivity contribution in [2.45, 2.75) is 18.8 Å². The number of likely N-dealkylation sites (N-methyl/N-ethyl adjacent to an activating group) is 1. The zero-order valence-corrected chi connectivity index (χ0v) is 14.9. The van der Waals surface area contributed by atoms with Crippen LogP contribution >= 0.6 is 0 Å². The Hall–Kier alpha value is -1.44. The van der Waals surface area contributed by atoms with Gasteiger partial charge in [-0.05, 0) is 25.8 Å². The molecule has 7 heteroatoms. The summed E-state index contributed by atoms with van der Waals surface area (Å²) in [6.07, 6.45) is 3.56. The molecule has 0 spiro atoms. The average molecular weight is 348 g/mol. The number of likely N-dealkylation sites (tertiary alicyclic amines) is 1. The first-order chi connectivity index (χ1) is 12.2. The predicted octanol–water partition coefficient (Wildman–Crippen LogP) is 0.480. The van der Waals surface area contributed by atoms with Crippen LogP contribution in [-0.4, -0.2) is 90.2 Å². The van der Waals surface area contributed by atoms with E-state index in [2.05, 4.69) is 21.8 Å². The number of aliphatic hydroxyl groups is 1. The van der Waals surface area contributed by atoms with Gasteiger partial charge < -0.3 is 24.2 Å². The molecule has 1 saturated carbocycles. The van der Waals surface area contributed by atoms with Gasteiger partial charge in [0.1, 0.15) is 5.76 Å². The van der Waals surface area contributed by atoms with Crippen molar-refractivity contribution in [3.63, 3.8) is 0 Å². The molecule has 0 aromatic carbocycles. The second kappa shape index (κ2) is 7.05. The van der Waals surface area contributed by atoms with Crippen LogP contribution in [0.3, 0.4) is 0 Å². The Kier molecular flexibility index (Phi) is 4.80. The number of hydrogen-bond donors (Lipinski definition) is 1. The number of carbonyl (C=O) groups excluding carboxylic acids is 1. The lowest BCUT2D eigenvalue weighted by molar-refractivity contribution is 0.0769. The Balaban J connectivity index is 1.40. The summed E-state index contributed by atoms with van der Waals surface area (Å²) < 4.78 is 5.46. The average Bonchev–Trinajstić information content (AvgIpc) is 3.20. The van der Waals surface area contributed by atoms with Crippen molar-refractivity contribution in [2.24, 2.45) is 11.8 Å². The molecule has 0 radical (unpaired) electrons. The lowest BCUT2D eigenvalue weighted by atomic mass is 9.96. The second-order valence-electron chi connectivity index (χ2n) is 7.86. The smallest absolute Gasteiger partial charge is 0.276 e. The van der Waals surface area contributed by atoms with E-state index in [1.807, 2.05) is 4.90 Å². The van der Waals surface area contributed by atoms with Gasteiger partial charge in [0.2, 0.25) is 0 Å². The number of aromatic nitrogens is 1. The van der Waals surface area contributed by atoms with Gasteiger partial charge in [0, 0.05) is 64.3 Å². The molecule has 1 aromatic rings. The van der Waals surface area contributed by atoms with Gasteiger partial charge in [-0.25, -0.2) is 4.98 Å². The first-order valence-corrected chi connectivity index (χ1v) is 9.40. The van der Waals surface area contributed by atoms with Crippen LogP contribution in [0, 0.1) is 11.8 Å². The maximum absolute atomic E-state index is 12.9. The van der Waals surface area contributed by atoms with Crippen molar-refractivity contribution in [1.29, 1.82) is 0 Å². The number of nitrogens with zero attached hydrogens (tertiary/aromatic N) is 4. The Labute approximate surface area is 148 Å². The van der Waals surface area contributed by atoms with Crippen LogP contribution in [0.1, 0.15) is 35.0 Å². The summed E-state index contributed by atoms with van der Waals surface area (Å²) in [5.74, 6) is 1.58. The third-order valence-electron chi connectivity index (χ3n) is 5.93. The summed E-state index contributed by atoms with van der Waals surface area (Å²) in [5, 5.41) is 9.79. The fraction of sp³-hybridized carbons (Fsp3) is 0.778. The fourth-order valence-corrected chi connectivity index (χ4v) is 4.08. The van der Waals surface area contributed by atoms with Crippen LogP contribution < -0.4 is 0 Å². The molecule has 3 fully saturated rings. The Morgan fingerprint density at radius 1 is 1.24 bits per heavy atom. The van der Waals surface area contributed by atoms with E-state index in [4.69, 9.17) is 4.42 Å². The van der Waals surface area contributed by atoms with E-state index in [9.17, 15) is 9.90 Å². The van der Waals surface area contributed by atoms with E-state index in [-0.39, 0.29) is 18.4 Å². The van der Waals surface area contributed by atoms with Gasteiger partial charge >= 0.3 is 0 Å². The highest BCUT2D eigenvalue weighted by Gasteiger charge is 2.39. The molecular formula is C18H28N4O3. The van der Waals surface area contributed by atoms with Crippen LogP contribution in [-0.2, 0) is 0 Å². The largest absolute Gasteiger partial charge is 0.447 e. The number of rotatable bonds is 5. The van der Waals surface area contributed by atoms with Crippen molar-refractivity contribution < 1.29 is 14.3 Å². The number of carbonyl (C=O) groups is 1. The monoisotopic (exact) mass is 348 g/mol. The summed E-state index contributed by atoms with van der Waals surface area (Å²) in [4.78, 5) is 23.8. The second-order valence-corrected chi connectivity index (χ2v) is 7.86. The normalized spacial score (nSPS) is 28.6. The first-order valence-electron chi connectivity index (χ1n) is 9.40. The molecule has 3 heterocycles. The molecule has 1 aromatic heterocycles. The van der Waals surface area contributed by atoms with E-state index in [1.54, 1.807) is 0 Å². The van der Waals surface area contributed by atoms with E-state index in [0.29, 0.717) is 30.6 Å². The molecule has 4 rings (SSSR count). The molecule has 2 atom stereocenters. The standard InChI is InChI=1S/C18H28N4O3/c1-20-4-6-21(7-5-20)8-14-9-22(10-15(14)11-23)18(24)16-17(13-2-3-13)25-12-19-16/h12-15,23H,2-11H2,1H3/t14-,15-/m1/s1. The lowest BCUT2D eigenvalue weighted by Gasteiger charge is -2.34. The number of amides is 1. The highest BCUT2D eigenvalue weighted by Crippen LogP contribution is 2.42. The minimum absolute atomic E-state index is 0.0324. The van der Waals surface area contributed by atoms with Crippen LogP contribution in [0.2, 0.25) is 0 Å². The Morgan fingerprint density at radius 2 is 1.96 bits per heavy atom. The van der Waals surface area contributed by atoms with Crippen LogP contribution in [0.4, 0.5) is 0 Å². The van der Waals surface area contributed by atoms with Gasteiger partial charge in [0.05, 0.1) is 0 Å². The highest BCUT2D eigenvalue weighted by molar-refractivity contribution is 5.93. The fourth-order valence-electron chi connectivity index (χ4n) is 4.08. The SMILES string of the molecule is CN1CCN(C[C@@H]2CN(C(=O)c3ncoc3C3CC3)C[C@@H]2CO)CC1. The lowest BCUT2D eigenvalue weighted by Crippen LogP contribution is -2.47. The van der Waals surface area contributed by atoms with Gasteiger partial charge in [0.25, 0.3) is 5.91 Å². The molecule has 3 aliphatic rings. The maximum Gasteiger partial charge on any atom is 0.276 e. The third-order valence-corrected chi connectivity index (χ3v) is 5.93. The van der Waals surface area contributed by atoms with E-state index in [0.717, 1.165) is 51.3 Å². The van der Waals surface area contributed by atoms with Crippen LogP contribution in [0.15, 0.2) is 10.8 Å². The number of piperazine rings is 1. The van der Waals surface area contributed by atoms with Gasteiger partial charge in [-0.2, -0.15) is 0 Å². The molecule has 0 bridgehead atoms. The number of oxazole rings is 1. The van der Waals surface area contributed by atoms with E-state index in [1.165, 1.54) is 6.39 Å². The van der Waals surface area contributed by atoms with Crippen molar-refractivity contribution in [1.82, 2.24) is 19.7 Å². The number of aliphatic hydroxyl groups excluding tert-OH is 1. The molecule has 25 heavy (non-hydrogen) atoms. The predicted molar refractivity (Wildman–Crippen MR) is 92.4 cm³/mol. The highest BCUT2D eigenvalue weighted by atomic mass is 16.3. The van der Waals surface area contributed by atoms with Crippen LogP contribution in [0.5, 0.6) is 0 Å². The maximum atomic E-state index is 12.9. The van der Waals surface area contributed by atoms with Gasteiger partial charge in [-0.3, -0.25) is 4.79 Å².